The third-order valence-corrected chi connectivity index (χ3v) is 2.77. The van der Waals surface area contributed by atoms with E-state index in [0.29, 0.717) is 6.54 Å². The number of rotatable bonds is 8. The van der Waals surface area contributed by atoms with Crippen LogP contribution in [0.25, 0.3) is 0 Å². The van der Waals surface area contributed by atoms with Crippen molar-refractivity contribution in [2.45, 2.75) is 32.7 Å². The molecule has 1 heterocycles. The minimum Gasteiger partial charge on any atom is -0.376 e. The molecule has 102 valence electrons. The average molecular weight is 252 g/mol. The molecule has 5 nitrogen and oxygen atoms in total. The highest BCUT2D eigenvalue weighted by Gasteiger charge is 2.01. The fraction of sp³-hybridized carbons (Fsp3) is 0.692. The second-order valence-corrected chi connectivity index (χ2v) is 4.63. The predicted octanol–water partition coefficient (Wildman–Crippen LogP) is 1.09. The number of nitrogens with one attached hydrogen (secondary N) is 1. The Morgan fingerprint density at radius 3 is 2.72 bits per heavy atom. The highest BCUT2D eigenvalue weighted by atomic mass is 16.1. The van der Waals surface area contributed by atoms with E-state index in [1.807, 2.05) is 19.0 Å². The molecule has 18 heavy (non-hydrogen) atoms. The topological polar surface area (TPSA) is 50.2 Å². The number of unbranched alkanes of at least 4 members (excludes halogenated alkanes) is 1. The number of hydrogen-bond donors (Lipinski definition) is 1. The number of aromatic nitrogens is 2. The van der Waals surface area contributed by atoms with Crippen molar-refractivity contribution in [3.05, 3.63) is 22.6 Å². The number of hydrogen-bond acceptors (Lipinski definition) is 4. The molecule has 0 saturated carbocycles. The van der Waals surface area contributed by atoms with Gasteiger partial charge >= 0.3 is 0 Å². The Kier molecular flexibility index (Phi) is 6.43. The molecule has 0 amide bonds. The van der Waals surface area contributed by atoms with E-state index in [-0.39, 0.29) is 5.56 Å². The largest absolute Gasteiger partial charge is 0.376 e. The minimum atomic E-state index is -0.0253. The van der Waals surface area contributed by atoms with Gasteiger partial charge in [-0.05, 0) is 32.4 Å². The molecule has 0 atom stereocenters. The molecule has 1 aromatic rings. The van der Waals surface area contributed by atoms with Crippen molar-refractivity contribution >= 4 is 5.69 Å². The van der Waals surface area contributed by atoms with Gasteiger partial charge in [0.25, 0.3) is 5.56 Å². The van der Waals surface area contributed by atoms with Gasteiger partial charge in [-0.3, -0.25) is 4.79 Å². The van der Waals surface area contributed by atoms with Gasteiger partial charge in [-0.2, -0.15) is 5.10 Å². The van der Waals surface area contributed by atoms with Crippen molar-refractivity contribution in [3.63, 3.8) is 0 Å². The lowest BCUT2D eigenvalue weighted by Crippen LogP contribution is -2.24. The van der Waals surface area contributed by atoms with Gasteiger partial charge < -0.3 is 10.2 Å². The normalized spacial score (nSPS) is 10.6. The van der Waals surface area contributed by atoms with E-state index in [1.54, 1.807) is 12.3 Å². The Balaban J connectivity index is 2.37. The van der Waals surface area contributed by atoms with Crippen LogP contribution in [0.4, 0.5) is 5.69 Å². The van der Waals surface area contributed by atoms with E-state index >= 15 is 0 Å². The van der Waals surface area contributed by atoms with E-state index < -0.39 is 0 Å². The van der Waals surface area contributed by atoms with Crippen molar-refractivity contribution in [3.8, 4) is 0 Å². The fourth-order valence-electron chi connectivity index (χ4n) is 1.65. The van der Waals surface area contributed by atoms with E-state index in [4.69, 9.17) is 0 Å². The zero-order chi connectivity index (χ0) is 13.4. The van der Waals surface area contributed by atoms with Crippen LogP contribution in [0.3, 0.4) is 0 Å². The maximum Gasteiger partial charge on any atom is 0.268 e. The Bertz CT molecular complexity index is 400. The first-order chi connectivity index (χ1) is 8.65. The maximum atomic E-state index is 11.8. The van der Waals surface area contributed by atoms with Gasteiger partial charge in [-0.25, -0.2) is 4.68 Å². The molecule has 0 aromatic carbocycles. The SMILES string of the molecule is CCCNCCCCn1ncc(N(C)C)cc1=O. The van der Waals surface area contributed by atoms with Crippen molar-refractivity contribution in [1.29, 1.82) is 0 Å². The monoisotopic (exact) mass is 252 g/mol. The quantitative estimate of drug-likeness (QED) is 0.704. The Labute approximate surface area is 109 Å². The summed E-state index contributed by atoms with van der Waals surface area (Å²) in [6, 6.07) is 1.63. The summed E-state index contributed by atoms with van der Waals surface area (Å²) in [7, 11) is 3.81. The van der Waals surface area contributed by atoms with Crippen LogP contribution in [-0.4, -0.2) is 37.0 Å². The van der Waals surface area contributed by atoms with Crippen LogP contribution in [0, 0.1) is 0 Å². The Morgan fingerprint density at radius 2 is 2.11 bits per heavy atom. The Morgan fingerprint density at radius 1 is 1.33 bits per heavy atom. The summed E-state index contributed by atoms with van der Waals surface area (Å²) in [6.07, 6.45) is 4.94. The van der Waals surface area contributed by atoms with Crippen LogP contribution < -0.4 is 15.8 Å². The molecule has 1 aromatic heterocycles. The highest BCUT2D eigenvalue weighted by molar-refractivity contribution is 5.40. The summed E-state index contributed by atoms with van der Waals surface area (Å²) in [6.45, 7) is 4.93. The number of aryl methyl sites for hydroxylation is 1. The van der Waals surface area contributed by atoms with Gasteiger partial charge in [0.1, 0.15) is 0 Å². The minimum absolute atomic E-state index is 0.0253. The second kappa shape index (κ2) is 7.87. The number of anilines is 1. The van der Waals surface area contributed by atoms with Gasteiger partial charge in [0.05, 0.1) is 11.9 Å². The lowest BCUT2D eigenvalue weighted by Gasteiger charge is -2.12. The van der Waals surface area contributed by atoms with Crippen LogP contribution in [0.15, 0.2) is 17.1 Å². The summed E-state index contributed by atoms with van der Waals surface area (Å²) < 4.78 is 1.53. The lowest BCUT2D eigenvalue weighted by molar-refractivity contribution is 0.515. The molecule has 0 fully saturated rings. The summed E-state index contributed by atoms with van der Waals surface area (Å²) in [5.74, 6) is 0. The zero-order valence-electron chi connectivity index (χ0n) is 11.6. The molecule has 0 spiro atoms. The van der Waals surface area contributed by atoms with E-state index in [2.05, 4.69) is 17.3 Å². The first kappa shape index (κ1) is 14.7. The molecule has 0 aliphatic heterocycles. The third-order valence-electron chi connectivity index (χ3n) is 2.77. The summed E-state index contributed by atoms with van der Waals surface area (Å²) in [5.41, 5.74) is 0.823. The van der Waals surface area contributed by atoms with Crippen LogP contribution in [0.5, 0.6) is 0 Å². The molecule has 0 radical (unpaired) electrons. The molecule has 1 N–H and O–H groups in total. The molecule has 1 rings (SSSR count). The van der Waals surface area contributed by atoms with Crippen LogP contribution in [0.2, 0.25) is 0 Å². The summed E-state index contributed by atoms with van der Waals surface area (Å²) >= 11 is 0. The third kappa shape index (κ3) is 4.87. The summed E-state index contributed by atoms with van der Waals surface area (Å²) in [5, 5.41) is 7.52. The lowest BCUT2D eigenvalue weighted by atomic mass is 10.3. The highest BCUT2D eigenvalue weighted by Crippen LogP contribution is 2.03. The second-order valence-electron chi connectivity index (χ2n) is 4.63. The van der Waals surface area contributed by atoms with Crippen LogP contribution in [-0.2, 0) is 6.54 Å². The van der Waals surface area contributed by atoms with Gasteiger partial charge in [-0.1, -0.05) is 6.92 Å². The molecular weight excluding hydrogens is 228 g/mol. The fourth-order valence-corrected chi connectivity index (χ4v) is 1.65. The molecule has 0 aliphatic carbocycles. The molecular formula is C13H24N4O. The Hall–Kier alpha value is -1.36. The van der Waals surface area contributed by atoms with Gasteiger partial charge in [0.2, 0.25) is 0 Å². The maximum absolute atomic E-state index is 11.8. The van der Waals surface area contributed by atoms with Crippen molar-refractivity contribution in [2.24, 2.45) is 0 Å². The standard InChI is InChI=1S/C13H24N4O/c1-4-7-14-8-5-6-9-17-13(18)10-12(11-15-17)16(2)3/h10-11,14H,4-9H2,1-3H3. The number of nitrogens with zero attached hydrogens (tertiary/aromatic N) is 3. The van der Waals surface area contributed by atoms with Gasteiger partial charge in [-0.15, -0.1) is 0 Å². The van der Waals surface area contributed by atoms with E-state index in [9.17, 15) is 4.79 Å². The van der Waals surface area contributed by atoms with Gasteiger partial charge in [0, 0.05) is 26.7 Å². The first-order valence-corrected chi connectivity index (χ1v) is 6.60. The molecule has 0 aliphatic rings. The molecule has 5 heteroatoms. The van der Waals surface area contributed by atoms with E-state index in [1.165, 1.54) is 4.68 Å². The molecule has 0 unspecified atom stereocenters. The van der Waals surface area contributed by atoms with Crippen molar-refractivity contribution in [2.75, 3.05) is 32.1 Å². The predicted molar refractivity (Wildman–Crippen MR) is 75.2 cm³/mol. The molecule has 0 bridgehead atoms. The molecule has 0 saturated heterocycles. The van der Waals surface area contributed by atoms with Crippen LogP contribution >= 0.6 is 0 Å². The first-order valence-electron chi connectivity index (χ1n) is 6.60. The van der Waals surface area contributed by atoms with Crippen LogP contribution in [0.1, 0.15) is 26.2 Å². The average Bonchev–Trinajstić information content (AvgIpc) is 2.35. The van der Waals surface area contributed by atoms with Crippen molar-refractivity contribution in [1.82, 2.24) is 15.1 Å². The smallest absolute Gasteiger partial charge is 0.268 e. The van der Waals surface area contributed by atoms with E-state index in [0.717, 1.165) is 38.0 Å². The van der Waals surface area contributed by atoms with Gasteiger partial charge in [0.15, 0.2) is 0 Å². The zero-order valence-corrected chi connectivity index (χ0v) is 11.6. The van der Waals surface area contributed by atoms with Crippen molar-refractivity contribution < 1.29 is 0 Å². The summed E-state index contributed by atoms with van der Waals surface area (Å²) in [4.78, 5) is 13.7.